The quantitative estimate of drug-likeness (QED) is 0.320. The normalized spacial score (nSPS) is 14.3. The number of fused-ring (bicyclic) bond motifs is 1. The molecule has 0 radical (unpaired) electrons. The molecule has 0 unspecified atom stereocenters. The van der Waals surface area contributed by atoms with E-state index in [2.05, 4.69) is 30.5 Å². The molecule has 0 aliphatic carbocycles. The zero-order valence-corrected chi connectivity index (χ0v) is 19.7. The lowest BCUT2D eigenvalue weighted by Crippen LogP contribution is -2.36. The van der Waals surface area contributed by atoms with Crippen LogP contribution in [0.5, 0.6) is 5.75 Å². The molecule has 5 rings (SSSR count). The number of aromatic nitrogens is 4. The Bertz CT molecular complexity index is 1410. The topological polar surface area (TPSA) is 134 Å². The molecule has 1 saturated heterocycles. The van der Waals surface area contributed by atoms with E-state index < -0.39 is 10.1 Å². The largest absolute Gasteiger partial charge is 0.379 e. The van der Waals surface area contributed by atoms with Gasteiger partial charge in [-0.2, -0.15) is 8.42 Å². The molecule has 0 atom stereocenters. The number of carbonyl (C=O) groups is 1. The third kappa shape index (κ3) is 5.44. The smallest absolute Gasteiger partial charge is 0.339 e. The molecule has 182 valence electrons. The molecule has 4 aromatic rings. The first-order valence-corrected chi connectivity index (χ1v) is 12.7. The standard InChI is InChI=1S/C23H25N7O4S/c31-23(25-10-13-29-11-1-2-12-29)28-22-26-20-8-5-18(15-21(20)27-22)34-35(32,33)19-6-3-17(4-7-19)30-14-9-24-16-30/h3-9,14-16H,1-2,10-13H2,(H3,25,26,27,28,31). The van der Waals surface area contributed by atoms with E-state index in [1.54, 1.807) is 41.5 Å². The molecule has 0 saturated carbocycles. The number of urea groups is 1. The molecule has 3 N–H and O–H groups in total. The Morgan fingerprint density at radius 1 is 1.11 bits per heavy atom. The monoisotopic (exact) mass is 495 g/mol. The van der Waals surface area contributed by atoms with Crippen LogP contribution in [-0.2, 0) is 10.1 Å². The highest BCUT2D eigenvalue weighted by molar-refractivity contribution is 7.87. The van der Waals surface area contributed by atoms with Crippen LogP contribution in [-0.4, -0.2) is 65.0 Å². The number of carbonyl (C=O) groups excluding carboxylic acids is 1. The Morgan fingerprint density at radius 3 is 2.66 bits per heavy atom. The minimum Gasteiger partial charge on any atom is -0.379 e. The van der Waals surface area contributed by atoms with Crippen LogP contribution < -0.4 is 14.8 Å². The molecular formula is C23H25N7O4S. The second-order valence-electron chi connectivity index (χ2n) is 8.20. The number of hydrogen-bond acceptors (Lipinski definition) is 7. The fourth-order valence-corrected chi connectivity index (χ4v) is 4.88. The summed E-state index contributed by atoms with van der Waals surface area (Å²) in [7, 11) is -4.04. The summed E-state index contributed by atoms with van der Waals surface area (Å²) in [6.07, 6.45) is 7.44. The summed E-state index contributed by atoms with van der Waals surface area (Å²) < 4.78 is 32.6. The molecule has 2 aromatic heterocycles. The first kappa shape index (κ1) is 22.9. The molecular weight excluding hydrogens is 470 g/mol. The number of imidazole rings is 2. The average Bonchev–Trinajstić information content (AvgIpc) is 3.61. The number of nitrogens with one attached hydrogen (secondary N) is 3. The minimum atomic E-state index is -4.04. The Kier molecular flexibility index (Phi) is 6.38. The first-order chi connectivity index (χ1) is 17.0. The van der Waals surface area contributed by atoms with Gasteiger partial charge in [-0.25, -0.2) is 14.8 Å². The van der Waals surface area contributed by atoms with E-state index in [9.17, 15) is 13.2 Å². The maximum absolute atomic E-state index is 12.7. The van der Waals surface area contributed by atoms with Gasteiger partial charge in [0, 0.05) is 37.2 Å². The number of H-pyrrole nitrogens is 1. The van der Waals surface area contributed by atoms with Gasteiger partial charge in [-0.1, -0.05) is 0 Å². The Morgan fingerprint density at radius 2 is 1.91 bits per heavy atom. The Balaban J connectivity index is 1.21. The van der Waals surface area contributed by atoms with Gasteiger partial charge in [-0.15, -0.1) is 0 Å². The second kappa shape index (κ2) is 9.76. The highest BCUT2D eigenvalue weighted by atomic mass is 32.2. The van der Waals surface area contributed by atoms with Gasteiger partial charge in [0.25, 0.3) is 0 Å². The fraction of sp³-hybridized carbons (Fsp3) is 0.261. The molecule has 35 heavy (non-hydrogen) atoms. The van der Waals surface area contributed by atoms with Crippen molar-refractivity contribution in [1.29, 1.82) is 0 Å². The number of hydrogen-bond donors (Lipinski definition) is 3. The number of aromatic amines is 1. The zero-order valence-electron chi connectivity index (χ0n) is 18.8. The SMILES string of the molecule is O=C(NCCN1CCCC1)Nc1nc2ccc(OS(=O)(=O)c3ccc(-n4ccnc4)cc3)cc2[nH]1. The lowest BCUT2D eigenvalue weighted by molar-refractivity contribution is 0.249. The van der Waals surface area contributed by atoms with Gasteiger partial charge in [0.2, 0.25) is 5.95 Å². The molecule has 12 heteroatoms. The van der Waals surface area contributed by atoms with Crippen molar-refractivity contribution in [3.8, 4) is 11.4 Å². The van der Waals surface area contributed by atoms with Gasteiger partial charge in [0.1, 0.15) is 10.6 Å². The van der Waals surface area contributed by atoms with Crippen LogP contribution in [0.15, 0.2) is 66.1 Å². The zero-order chi connectivity index (χ0) is 24.3. The predicted octanol–water partition coefficient (Wildman–Crippen LogP) is 2.73. The third-order valence-corrected chi connectivity index (χ3v) is 6.99. The van der Waals surface area contributed by atoms with Crippen molar-refractivity contribution in [3.63, 3.8) is 0 Å². The van der Waals surface area contributed by atoms with Crippen LogP contribution >= 0.6 is 0 Å². The molecule has 3 heterocycles. The van der Waals surface area contributed by atoms with Crippen molar-refractivity contribution in [1.82, 2.24) is 29.7 Å². The van der Waals surface area contributed by atoms with Gasteiger partial charge in [0.15, 0.2) is 0 Å². The summed E-state index contributed by atoms with van der Waals surface area (Å²) >= 11 is 0. The Hall–Kier alpha value is -3.90. The van der Waals surface area contributed by atoms with E-state index in [1.165, 1.54) is 37.1 Å². The van der Waals surface area contributed by atoms with Crippen LogP contribution in [0.1, 0.15) is 12.8 Å². The van der Waals surface area contributed by atoms with Gasteiger partial charge in [0.05, 0.1) is 17.4 Å². The van der Waals surface area contributed by atoms with E-state index in [4.69, 9.17) is 4.18 Å². The van der Waals surface area contributed by atoms with E-state index in [0.29, 0.717) is 17.6 Å². The summed E-state index contributed by atoms with van der Waals surface area (Å²) in [6.45, 7) is 3.51. The molecule has 2 aromatic carbocycles. The maximum atomic E-state index is 12.7. The van der Waals surface area contributed by atoms with Crippen molar-refractivity contribution >= 4 is 33.1 Å². The average molecular weight is 496 g/mol. The minimum absolute atomic E-state index is 0.0269. The number of nitrogens with zero attached hydrogens (tertiary/aromatic N) is 4. The molecule has 1 aliphatic heterocycles. The van der Waals surface area contributed by atoms with Crippen LogP contribution in [0.25, 0.3) is 16.7 Å². The number of anilines is 1. The Labute approximate surface area is 202 Å². The van der Waals surface area contributed by atoms with Gasteiger partial charge in [-0.3, -0.25) is 5.32 Å². The van der Waals surface area contributed by atoms with Crippen LogP contribution in [0, 0.1) is 0 Å². The summed E-state index contributed by atoms with van der Waals surface area (Å²) in [4.78, 5) is 25.8. The lowest BCUT2D eigenvalue weighted by Gasteiger charge is -2.14. The molecule has 0 bridgehead atoms. The molecule has 1 fully saturated rings. The van der Waals surface area contributed by atoms with Crippen LogP contribution in [0.2, 0.25) is 0 Å². The van der Waals surface area contributed by atoms with Gasteiger partial charge in [-0.05, 0) is 62.3 Å². The predicted molar refractivity (Wildman–Crippen MR) is 130 cm³/mol. The number of amides is 2. The van der Waals surface area contributed by atoms with Crippen molar-refractivity contribution < 1.29 is 17.4 Å². The van der Waals surface area contributed by atoms with Crippen molar-refractivity contribution in [3.05, 3.63) is 61.2 Å². The van der Waals surface area contributed by atoms with Crippen molar-refractivity contribution in [2.24, 2.45) is 0 Å². The van der Waals surface area contributed by atoms with Crippen molar-refractivity contribution in [2.75, 3.05) is 31.5 Å². The highest BCUT2D eigenvalue weighted by Crippen LogP contribution is 2.24. The fourth-order valence-electron chi connectivity index (χ4n) is 3.96. The third-order valence-electron chi connectivity index (χ3n) is 5.73. The molecule has 0 spiro atoms. The summed E-state index contributed by atoms with van der Waals surface area (Å²) in [6, 6.07) is 10.6. The van der Waals surface area contributed by atoms with E-state index >= 15 is 0 Å². The van der Waals surface area contributed by atoms with E-state index in [0.717, 1.165) is 25.3 Å². The summed E-state index contributed by atoms with van der Waals surface area (Å²) in [5, 5.41) is 5.48. The van der Waals surface area contributed by atoms with Gasteiger partial charge < -0.3 is 24.0 Å². The second-order valence-corrected chi connectivity index (χ2v) is 9.74. The highest BCUT2D eigenvalue weighted by Gasteiger charge is 2.18. The van der Waals surface area contributed by atoms with E-state index in [1.807, 2.05) is 0 Å². The first-order valence-electron chi connectivity index (χ1n) is 11.3. The van der Waals surface area contributed by atoms with Crippen LogP contribution in [0.4, 0.5) is 10.7 Å². The summed E-state index contributed by atoms with van der Waals surface area (Å²) in [5.41, 5.74) is 1.87. The number of likely N-dealkylation sites (tertiary alicyclic amines) is 1. The lowest BCUT2D eigenvalue weighted by atomic mass is 10.3. The van der Waals surface area contributed by atoms with E-state index in [-0.39, 0.29) is 22.6 Å². The van der Waals surface area contributed by atoms with Crippen molar-refractivity contribution in [2.45, 2.75) is 17.7 Å². The summed E-state index contributed by atoms with van der Waals surface area (Å²) in [5.74, 6) is 0.384. The number of rotatable bonds is 8. The maximum Gasteiger partial charge on any atom is 0.339 e. The molecule has 2 amide bonds. The van der Waals surface area contributed by atoms with Crippen LogP contribution in [0.3, 0.4) is 0 Å². The number of benzene rings is 2. The van der Waals surface area contributed by atoms with Gasteiger partial charge >= 0.3 is 16.1 Å². The molecule has 11 nitrogen and oxygen atoms in total. The molecule has 1 aliphatic rings.